The molecule has 3 aliphatic heterocycles. The molecule has 4 aromatic rings. The number of fused-ring (bicyclic) bond motifs is 4. The molecule has 7 rings (SSSR count). The van der Waals surface area contributed by atoms with Gasteiger partial charge in [0.1, 0.15) is 0 Å². The molecule has 2 aromatic heterocycles. The number of nitrogens with zero attached hydrogens (tertiary/aromatic N) is 3. The Morgan fingerprint density at radius 2 is 1.81 bits per heavy atom. The zero-order chi connectivity index (χ0) is 18.0. The fourth-order valence-corrected chi connectivity index (χ4v) is 5.14. The van der Waals surface area contributed by atoms with Crippen LogP contribution in [0.4, 0.5) is 0 Å². The van der Waals surface area contributed by atoms with Crippen LogP contribution in [0.5, 0.6) is 0 Å². The highest BCUT2D eigenvalue weighted by Gasteiger charge is 2.32. The van der Waals surface area contributed by atoms with Crippen molar-refractivity contribution in [3.05, 3.63) is 71.5 Å². The fourth-order valence-electron chi connectivity index (χ4n) is 5.14. The number of aryl methyl sites for hydroxylation is 1. The predicted octanol–water partition coefficient (Wildman–Crippen LogP) is 5.18. The van der Waals surface area contributed by atoms with Crippen molar-refractivity contribution in [3.8, 4) is 5.69 Å². The molecule has 134 valence electrons. The Kier molecular flexibility index (Phi) is 3.24. The molecule has 3 heteroatoms. The molecule has 0 atom stereocenters. The summed E-state index contributed by atoms with van der Waals surface area (Å²) in [6, 6.07) is 20.0. The molecule has 2 bridgehead atoms. The molecule has 0 radical (unpaired) electrons. The molecule has 0 spiro atoms. The molecule has 5 heterocycles. The number of hydrogen-bond donors (Lipinski definition) is 0. The van der Waals surface area contributed by atoms with E-state index in [2.05, 4.69) is 76.0 Å². The van der Waals surface area contributed by atoms with E-state index in [1.165, 1.54) is 47.9 Å². The predicted molar refractivity (Wildman–Crippen MR) is 111 cm³/mol. The largest absolute Gasteiger partial charge is 0.313 e. The summed E-state index contributed by atoms with van der Waals surface area (Å²) in [6.45, 7) is 5.61. The molecule has 0 amide bonds. The van der Waals surface area contributed by atoms with E-state index in [0.29, 0.717) is 5.92 Å². The topological polar surface area (TPSA) is 21.1 Å². The first-order valence-corrected chi connectivity index (χ1v) is 10.0. The lowest BCUT2D eigenvalue weighted by molar-refractivity contribution is 0.220. The van der Waals surface area contributed by atoms with Crippen molar-refractivity contribution in [2.45, 2.75) is 32.2 Å². The molecule has 0 N–H and O–H groups in total. The van der Waals surface area contributed by atoms with E-state index in [0.717, 1.165) is 17.8 Å². The molecule has 2 aromatic carbocycles. The SMILES string of the molecule is Cc1ccc2cc(-n3c4c(c5ccccc53)CN3CCC4CC3)ccc2n1. The average molecular weight is 353 g/mol. The molecule has 1 fully saturated rings. The number of aromatic nitrogens is 2. The maximum Gasteiger partial charge on any atom is 0.0706 e. The zero-order valence-electron chi connectivity index (χ0n) is 15.7. The van der Waals surface area contributed by atoms with Gasteiger partial charge in [0.25, 0.3) is 0 Å². The van der Waals surface area contributed by atoms with E-state index < -0.39 is 0 Å². The Bertz CT molecular complexity index is 1180. The first-order chi connectivity index (χ1) is 13.3. The second kappa shape index (κ2) is 5.67. The van der Waals surface area contributed by atoms with Crippen LogP contribution < -0.4 is 0 Å². The van der Waals surface area contributed by atoms with Crippen molar-refractivity contribution < 1.29 is 0 Å². The molecule has 0 saturated carbocycles. The van der Waals surface area contributed by atoms with Crippen molar-refractivity contribution in [2.24, 2.45) is 0 Å². The van der Waals surface area contributed by atoms with Gasteiger partial charge in [0.15, 0.2) is 0 Å². The van der Waals surface area contributed by atoms with Gasteiger partial charge in [-0.05, 0) is 68.8 Å². The van der Waals surface area contributed by atoms with Gasteiger partial charge in [0.05, 0.1) is 11.0 Å². The summed E-state index contributed by atoms with van der Waals surface area (Å²) in [5, 5.41) is 2.64. The number of pyridine rings is 1. The summed E-state index contributed by atoms with van der Waals surface area (Å²) in [4.78, 5) is 7.32. The van der Waals surface area contributed by atoms with Gasteiger partial charge in [-0.2, -0.15) is 0 Å². The van der Waals surface area contributed by atoms with Gasteiger partial charge in [-0.15, -0.1) is 0 Å². The smallest absolute Gasteiger partial charge is 0.0706 e. The number of benzene rings is 2. The van der Waals surface area contributed by atoms with Crippen molar-refractivity contribution in [1.82, 2.24) is 14.5 Å². The third-order valence-corrected chi connectivity index (χ3v) is 6.45. The van der Waals surface area contributed by atoms with Crippen LogP contribution in [-0.2, 0) is 6.54 Å². The van der Waals surface area contributed by atoms with Gasteiger partial charge >= 0.3 is 0 Å². The minimum absolute atomic E-state index is 0.665. The van der Waals surface area contributed by atoms with Gasteiger partial charge in [-0.1, -0.05) is 24.3 Å². The normalized spacial score (nSPS) is 21.5. The lowest BCUT2D eigenvalue weighted by Crippen LogP contribution is -2.29. The Balaban J connectivity index is 1.66. The number of piperidine rings is 1. The summed E-state index contributed by atoms with van der Waals surface area (Å²) in [7, 11) is 0. The third-order valence-electron chi connectivity index (χ3n) is 6.45. The molecular formula is C24H23N3. The van der Waals surface area contributed by atoms with Crippen LogP contribution in [0.1, 0.15) is 35.7 Å². The Morgan fingerprint density at radius 1 is 0.963 bits per heavy atom. The number of rotatable bonds is 1. The van der Waals surface area contributed by atoms with Crippen LogP contribution >= 0.6 is 0 Å². The standard InChI is InChI=1S/C24H23N3/c1-16-6-7-18-14-19(8-9-22(18)25-16)27-23-5-3-2-4-20(23)21-15-26-12-10-17(11-13-26)24(21)27/h2-9,14,17H,10-13,15H2,1H3. The van der Waals surface area contributed by atoms with E-state index in [1.807, 2.05) is 0 Å². The van der Waals surface area contributed by atoms with Crippen LogP contribution in [-0.4, -0.2) is 27.5 Å². The van der Waals surface area contributed by atoms with E-state index in [1.54, 1.807) is 11.3 Å². The van der Waals surface area contributed by atoms with Crippen molar-refractivity contribution in [1.29, 1.82) is 0 Å². The van der Waals surface area contributed by atoms with Gasteiger partial charge in [0.2, 0.25) is 0 Å². The maximum atomic E-state index is 4.68. The van der Waals surface area contributed by atoms with Crippen LogP contribution in [0.2, 0.25) is 0 Å². The Morgan fingerprint density at radius 3 is 2.70 bits per heavy atom. The minimum Gasteiger partial charge on any atom is -0.313 e. The van der Waals surface area contributed by atoms with Crippen molar-refractivity contribution in [2.75, 3.05) is 13.1 Å². The first-order valence-electron chi connectivity index (χ1n) is 10.0. The lowest BCUT2D eigenvalue weighted by atomic mass is 9.94. The van der Waals surface area contributed by atoms with Crippen molar-refractivity contribution in [3.63, 3.8) is 0 Å². The molecule has 3 aliphatic rings. The van der Waals surface area contributed by atoms with E-state index in [-0.39, 0.29) is 0 Å². The average Bonchev–Trinajstić information content (AvgIpc) is 2.81. The van der Waals surface area contributed by atoms with E-state index in [9.17, 15) is 0 Å². The second-order valence-electron chi connectivity index (χ2n) is 8.10. The Hall–Kier alpha value is -2.65. The van der Waals surface area contributed by atoms with Crippen LogP contribution in [0.3, 0.4) is 0 Å². The Labute approximate surface area is 159 Å². The second-order valence-corrected chi connectivity index (χ2v) is 8.10. The third kappa shape index (κ3) is 2.28. The molecule has 27 heavy (non-hydrogen) atoms. The summed E-state index contributed by atoms with van der Waals surface area (Å²) in [5.41, 5.74) is 7.86. The highest BCUT2D eigenvalue weighted by atomic mass is 15.1. The highest BCUT2D eigenvalue weighted by molar-refractivity contribution is 5.89. The monoisotopic (exact) mass is 353 g/mol. The quantitative estimate of drug-likeness (QED) is 0.470. The summed E-state index contributed by atoms with van der Waals surface area (Å²) < 4.78 is 2.55. The van der Waals surface area contributed by atoms with Gasteiger partial charge in [-0.3, -0.25) is 9.88 Å². The van der Waals surface area contributed by atoms with Crippen molar-refractivity contribution >= 4 is 21.8 Å². The minimum atomic E-state index is 0.665. The summed E-state index contributed by atoms with van der Waals surface area (Å²) >= 11 is 0. The first kappa shape index (κ1) is 15.4. The molecule has 1 saturated heterocycles. The highest BCUT2D eigenvalue weighted by Crippen LogP contribution is 2.42. The van der Waals surface area contributed by atoms with Gasteiger partial charge < -0.3 is 4.57 Å². The molecular weight excluding hydrogens is 330 g/mol. The molecule has 0 aliphatic carbocycles. The van der Waals surface area contributed by atoms with Gasteiger partial charge in [-0.25, -0.2) is 0 Å². The number of para-hydroxylation sites is 1. The summed E-state index contributed by atoms with van der Waals surface area (Å²) in [6.07, 6.45) is 2.55. The van der Waals surface area contributed by atoms with Crippen LogP contribution in [0.15, 0.2) is 54.6 Å². The maximum absolute atomic E-state index is 4.68. The molecule has 3 nitrogen and oxygen atoms in total. The van der Waals surface area contributed by atoms with Crippen LogP contribution in [0.25, 0.3) is 27.5 Å². The van der Waals surface area contributed by atoms with Gasteiger partial charge in [0, 0.05) is 40.3 Å². The van der Waals surface area contributed by atoms with E-state index in [4.69, 9.17) is 0 Å². The number of hydrogen-bond acceptors (Lipinski definition) is 2. The molecule has 0 unspecified atom stereocenters. The van der Waals surface area contributed by atoms with E-state index >= 15 is 0 Å². The zero-order valence-corrected chi connectivity index (χ0v) is 15.7. The lowest BCUT2D eigenvalue weighted by Gasteiger charge is -2.27. The fraction of sp³-hybridized carbons (Fsp3) is 0.292. The summed E-state index contributed by atoms with van der Waals surface area (Å²) in [5.74, 6) is 0.665. The van der Waals surface area contributed by atoms with Crippen LogP contribution in [0, 0.1) is 6.92 Å².